The molecule has 0 atom stereocenters. The fourth-order valence-electron chi connectivity index (χ4n) is 5.55. The summed E-state index contributed by atoms with van der Waals surface area (Å²) in [5.74, 6) is 0.618. The Morgan fingerprint density at radius 3 is 1.83 bits per heavy atom. The summed E-state index contributed by atoms with van der Waals surface area (Å²) < 4.78 is 8.17. The van der Waals surface area contributed by atoms with E-state index in [4.69, 9.17) is 14.5 Å². The lowest BCUT2D eigenvalue weighted by molar-refractivity contribution is 0.568. The Morgan fingerprint density at radius 1 is 0.587 bits per heavy atom. The molecular weight excluding hydrogens is 562 g/mol. The van der Waals surface area contributed by atoms with E-state index in [2.05, 4.69) is 159 Å². The van der Waals surface area contributed by atoms with E-state index in [1.807, 2.05) is 16.8 Å². The monoisotopic (exact) mass is 607 g/mol. The molecule has 0 aliphatic heterocycles. The summed E-state index contributed by atoms with van der Waals surface area (Å²) in [6, 6.07) is 34.1. The first-order chi connectivity index (χ1) is 21.6. The van der Waals surface area contributed by atoms with E-state index < -0.39 is 0 Å². The summed E-state index contributed by atoms with van der Waals surface area (Å²) >= 11 is 0. The minimum Gasteiger partial charge on any atom is -0.436 e. The van der Waals surface area contributed by atoms with Gasteiger partial charge in [-0.15, -0.1) is 0 Å². The molecule has 4 nitrogen and oxygen atoms in total. The normalized spacial score (nSPS) is 12.8. The van der Waals surface area contributed by atoms with E-state index in [9.17, 15) is 0 Å². The second-order valence-electron chi connectivity index (χ2n) is 15.4. The van der Waals surface area contributed by atoms with Crippen LogP contribution in [0.3, 0.4) is 0 Å². The number of aromatic nitrogens is 3. The standard InChI is InChI=1S/C42H45N3O/c1-40(2,3)31-18-22-38-36(26-31)43-39(46-38)30-16-20-35(21-17-30)45-37(29-13-11-10-12-14-29)27-34(44-45)19-15-28-23-32(41(4,5)6)25-33(24-28)42(7,8)9/h10-27H,1-9H3. The third-order valence-corrected chi connectivity index (χ3v) is 8.54. The van der Waals surface area contributed by atoms with Gasteiger partial charge in [0.15, 0.2) is 5.58 Å². The lowest BCUT2D eigenvalue weighted by Crippen LogP contribution is -2.16. The van der Waals surface area contributed by atoms with Crippen molar-refractivity contribution in [1.29, 1.82) is 0 Å². The van der Waals surface area contributed by atoms with Crippen molar-refractivity contribution in [3.8, 4) is 28.4 Å². The van der Waals surface area contributed by atoms with Gasteiger partial charge in [-0.1, -0.05) is 123 Å². The highest BCUT2D eigenvalue weighted by Gasteiger charge is 2.21. The predicted octanol–water partition coefficient (Wildman–Crippen LogP) is 11.4. The number of benzene rings is 4. The van der Waals surface area contributed by atoms with Crippen LogP contribution < -0.4 is 0 Å². The van der Waals surface area contributed by atoms with Gasteiger partial charge in [0, 0.05) is 11.1 Å². The molecule has 0 fully saturated rings. The number of hydrogen-bond donors (Lipinski definition) is 0. The number of rotatable bonds is 5. The predicted molar refractivity (Wildman–Crippen MR) is 193 cm³/mol. The zero-order valence-electron chi connectivity index (χ0n) is 28.6. The maximum Gasteiger partial charge on any atom is 0.227 e. The number of fused-ring (bicyclic) bond motifs is 1. The Bertz CT molecular complexity index is 1990. The van der Waals surface area contributed by atoms with Crippen LogP contribution in [0.15, 0.2) is 101 Å². The zero-order chi connectivity index (χ0) is 32.9. The van der Waals surface area contributed by atoms with Gasteiger partial charge in [-0.05, 0) is 87.0 Å². The first-order valence-corrected chi connectivity index (χ1v) is 16.2. The molecule has 0 saturated carbocycles. The molecule has 0 aliphatic carbocycles. The largest absolute Gasteiger partial charge is 0.436 e. The molecule has 0 unspecified atom stereocenters. The van der Waals surface area contributed by atoms with E-state index in [1.165, 1.54) is 22.3 Å². The maximum absolute atomic E-state index is 6.15. The molecule has 46 heavy (non-hydrogen) atoms. The summed E-state index contributed by atoms with van der Waals surface area (Å²) in [6.07, 6.45) is 4.31. The molecular formula is C42H45N3O. The number of oxazole rings is 1. The van der Waals surface area contributed by atoms with Gasteiger partial charge < -0.3 is 4.42 Å². The van der Waals surface area contributed by atoms with Gasteiger partial charge in [-0.2, -0.15) is 5.10 Å². The highest BCUT2D eigenvalue weighted by atomic mass is 16.3. The van der Waals surface area contributed by atoms with Crippen LogP contribution in [0.2, 0.25) is 0 Å². The summed E-state index contributed by atoms with van der Waals surface area (Å²) in [4.78, 5) is 4.83. The number of nitrogens with zero attached hydrogens (tertiary/aromatic N) is 3. The minimum atomic E-state index is 0.0506. The second kappa shape index (κ2) is 11.6. The third-order valence-electron chi connectivity index (χ3n) is 8.54. The van der Waals surface area contributed by atoms with E-state index >= 15 is 0 Å². The number of hydrogen-bond acceptors (Lipinski definition) is 3. The smallest absolute Gasteiger partial charge is 0.227 e. The zero-order valence-corrected chi connectivity index (χ0v) is 28.6. The molecule has 0 bridgehead atoms. The highest BCUT2D eigenvalue weighted by Crippen LogP contribution is 2.33. The van der Waals surface area contributed by atoms with Crippen LogP contribution in [0.5, 0.6) is 0 Å². The Labute approximate surface area is 273 Å². The van der Waals surface area contributed by atoms with Gasteiger partial charge in [0.1, 0.15) is 5.52 Å². The Balaban J connectivity index is 1.36. The highest BCUT2D eigenvalue weighted by molar-refractivity contribution is 5.78. The molecule has 4 aromatic carbocycles. The van der Waals surface area contributed by atoms with Crippen molar-refractivity contribution in [2.24, 2.45) is 0 Å². The van der Waals surface area contributed by atoms with E-state index in [0.717, 1.165) is 39.3 Å². The van der Waals surface area contributed by atoms with E-state index in [-0.39, 0.29) is 16.2 Å². The van der Waals surface area contributed by atoms with Crippen molar-refractivity contribution < 1.29 is 4.42 Å². The Morgan fingerprint density at radius 2 is 1.22 bits per heavy atom. The molecule has 0 aliphatic rings. The van der Waals surface area contributed by atoms with Crippen LogP contribution >= 0.6 is 0 Å². The van der Waals surface area contributed by atoms with Crippen LogP contribution in [0.25, 0.3) is 51.7 Å². The quantitative estimate of drug-likeness (QED) is 0.196. The molecule has 234 valence electrons. The summed E-state index contributed by atoms with van der Waals surface area (Å²) in [5, 5.41) is 5.07. The molecule has 0 saturated heterocycles. The van der Waals surface area contributed by atoms with Crippen molar-refractivity contribution in [3.63, 3.8) is 0 Å². The first-order valence-electron chi connectivity index (χ1n) is 16.2. The molecule has 0 spiro atoms. The van der Waals surface area contributed by atoms with Gasteiger partial charge in [-0.3, -0.25) is 0 Å². The Kier molecular flexibility index (Phi) is 7.88. The van der Waals surface area contributed by atoms with Gasteiger partial charge in [0.05, 0.1) is 17.1 Å². The van der Waals surface area contributed by atoms with Crippen molar-refractivity contribution >= 4 is 23.3 Å². The second-order valence-corrected chi connectivity index (χ2v) is 15.4. The summed E-state index contributed by atoms with van der Waals surface area (Å²) in [7, 11) is 0. The molecule has 2 heterocycles. The minimum absolute atomic E-state index is 0.0506. The van der Waals surface area contributed by atoms with Crippen molar-refractivity contribution in [2.45, 2.75) is 78.6 Å². The van der Waals surface area contributed by atoms with Crippen LogP contribution in [0, 0.1) is 0 Å². The molecule has 0 amide bonds. The van der Waals surface area contributed by atoms with Gasteiger partial charge in [0.2, 0.25) is 5.89 Å². The van der Waals surface area contributed by atoms with E-state index in [0.29, 0.717) is 5.89 Å². The van der Waals surface area contributed by atoms with Crippen molar-refractivity contribution in [3.05, 3.63) is 125 Å². The van der Waals surface area contributed by atoms with Crippen LogP contribution in [-0.2, 0) is 16.2 Å². The average molecular weight is 608 g/mol. The lowest BCUT2D eigenvalue weighted by atomic mass is 9.79. The molecule has 6 aromatic rings. The summed E-state index contributed by atoms with van der Waals surface area (Å²) in [5.41, 5.74) is 11.9. The maximum atomic E-state index is 6.15. The SMILES string of the molecule is CC(C)(C)c1cc(C=Cc2cc(-c3ccccc3)n(-c3ccc(-c4nc5cc(C(C)(C)C)ccc5o4)cc3)n2)cc(C(C)(C)C)c1. The van der Waals surface area contributed by atoms with Gasteiger partial charge >= 0.3 is 0 Å². The Hall–Kier alpha value is -4.70. The molecule has 2 aromatic heterocycles. The third kappa shape index (κ3) is 6.62. The van der Waals surface area contributed by atoms with Crippen molar-refractivity contribution in [2.75, 3.05) is 0 Å². The van der Waals surface area contributed by atoms with Gasteiger partial charge in [0.25, 0.3) is 0 Å². The van der Waals surface area contributed by atoms with Gasteiger partial charge in [-0.25, -0.2) is 9.67 Å². The molecule has 0 radical (unpaired) electrons. The topological polar surface area (TPSA) is 43.9 Å². The molecule has 6 rings (SSSR count). The fourth-order valence-corrected chi connectivity index (χ4v) is 5.55. The average Bonchev–Trinajstić information content (AvgIpc) is 3.64. The van der Waals surface area contributed by atoms with Crippen LogP contribution in [-0.4, -0.2) is 14.8 Å². The first kappa shape index (κ1) is 31.3. The van der Waals surface area contributed by atoms with Crippen LogP contribution in [0.4, 0.5) is 0 Å². The fraction of sp³-hybridized carbons (Fsp3) is 0.286. The summed E-state index contributed by atoms with van der Waals surface area (Å²) in [6.45, 7) is 20.3. The van der Waals surface area contributed by atoms with Crippen molar-refractivity contribution in [1.82, 2.24) is 14.8 Å². The molecule has 0 N–H and O–H groups in total. The molecule has 4 heteroatoms. The lowest BCUT2D eigenvalue weighted by Gasteiger charge is -2.25. The van der Waals surface area contributed by atoms with E-state index in [1.54, 1.807) is 0 Å². The van der Waals surface area contributed by atoms with Crippen LogP contribution in [0.1, 0.15) is 90.3 Å².